The zero-order valence-corrected chi connectivity index (χ0v) is 13.9. The summed E-state index contributed by atoms with van der Waals surface area (Å²) >= 11 is 0. The van der Waals surface area contributed by atoms with Crippen LogP contribution in [0.2, 0.25) is 0 Å². The highest BCUT2D eigenvalue weighted by molar-refractivity contribution is 5.17. The lowest BCUT2D eigenvalue weighted by atomic mass is 9.73. The van der Waals surface area contributed by atoms with E-state index in [2.05, 4.69) is 42.8 Å². The minimum absolute atomic E-state index is 0.197. The third-order valence-electron chi connectivity index (χ3n) is 5.68. The zero-order valence-electron chi connectivity index (χ0n) is 13.9. The van der Waals surface area contributed by atoms with Crippen LogP contribution in [0.25, 0.3) is 0 Å². The van der Waals surface area contributed by atoms with Crippen molar-refractivity contribution in [1.29, 1.82) is 0 Å². The quantitative estimate of drug-likeness (QED) is 0.867. The molecule has 1 aromatic heterocycles. The molecule has 2 heterocycles. The number of hydrogen-bond acceptors (Lipinski definition) is 3. The van der Waals surface area contributed by atoms with E-state index in [-0.39, 0.29) is 6.04 Å². The number of pyridine rings is 1. The Morgan fingerprint density at radius 2 is 1.71 bits per heavy atom. The normalized spacial score (nSPS) is 21.9. The predicted octanol–water partition coefficient (Wildman–Crippen LogP) is 3.76. The molecule has 2 atom stereocenters. The summed E-state index contributed by atoms with van der Waals surface area (Å²) in [5.74, 6) is 0. The molecular weight excluding hydrogens is 258 g/mol. The van der Waals surface area contributed by atoms with Gasteiger partial charge in [0.25, 0.3) is 0 Å². The lowest BCUT2D eigenvalue weighted by Gasteiger charge is -2.45. The molecule has 0 aliphatic carbocycles. The number of hydrogen-bond donors (Lipinski definition) is 1. The summed E-state index contributed by atoms with van der Waals surface area (Å²) < 4.78 is 0. The van der Waals surface area contributed by atoms with Gasteiger partial charge in [-0.05, 0) is 55.5 Å². The van der Waals surface area contributed by atoms with Crippen molar-refractivity contribution in [1.82, 2.24) is 9.88 Å². The van der Waals surface area contributed by atoms with Gasteiger partial charge in [0, 0.05) is 24.5 Å². The van der Waals surface area contributed by atoms with Gasteiger partial charge in [-0.1, -0.05) is 33.6 Å². The van der Waals surface area contributed by atoms with Crippen LogP contribution in [-0.2, 0) is 0 Å². The van der Waals surface area contributed by atoms with Gasteiger partial charge in [0.1, 0.15) is 0 Å². The molecular formula is C18H31N3. The smallest absolute Gasteiger partial charge is 0.0500 e. The molecule has 3 nitrogen and oxygen atoms in total. The topological polar surface area (TPSA) is 42.1 Å². The van der Waals surface area contributed by atoms with Gasteiger partial charge < -0.3 is 5.73 Å². The standard InChI is InChI=1S/C18H31N3/c1-4-16(19)17(15-7-11-20-12-8-15)21-13-9-18(5-2,6-3)10-14-21/h7-8,11-12,16-17H,4-6,9-10,13-14,19H2,1-3H3. The van der Waals surface area contributed by atoms with Crippen LogP contribution in [0.3, 0.4) is 0 Å². The van der Waals surface area contributed by atoms with Crippen LogP contribution < -0.4 is 5.73 Å². The molecule has 0 aromatic carbocycles. The second-order valence-corrected chi connectivity index (χ2v) is 6.54. The van der Waals surface area contributed by atoms with Gasteiger partial charge in [-0.2, -0.15) is 0 Å². The van der Waals surface area contributed by atoms with Crippen LogP contribution in [0.4, 0.5) is 0 Å². The number of likely N-dealkylation sites (tertiary alicyclic amines) is 1. The fourth-order valence-corrected chi connectivity index (χ4v) is 3.75. The van der Waals surface area contributed by atoms with Crippen LogP contribution >= 0.6 is 0 Å². The molecule has 21 heavy (non-hydrogen) atoms. The third-order valence-corrected chi connectivity index (χ3v) is 5.68. The maximum atomic E-state index is 6.45. The van der Waals surface area contributed by atoms with Crippen molar-refractivity contribution in [3.05, 3.63) is 30.1 Å². The lowest BCUT2D eigenvalue weighted by molar-refractivity contribution is 0.0562. The summed E-state index contributed by atoms with van der Waals surface area (Å²) in [6.07, 6.45) is 9.99. The maximum absolute atomic E-state index is 6.45. The van der Waals surface area contributed by atoms with Crippen molar-refractivity contribution < 1.29 is 0 Å². The lowest BCUT2D eigenvalue weighted by Crippen LogP contribution is -2.47. The summed E-state index contributed by atoms with van der Waals surface area (Å²) in [4.78, 5) is 6.75. The van der Waals surface area contributed by atoms with Gasteiger partial charge in [0.15, 0.2) is 0 Å². The average molecular weight is 289 g/mol. The van der Waals surface area contributed by atoms with E-state index in [4.69, 9.17) is 5.73 Å². The highest BCUT2D eigenvalue weighted by Gasteiger charge is 2.35. The van der Waals surface area contributed by atoms with Crippen molar-refractivity contribution in [3.8, 4) is 0 Å². The summed E-state index contributed by atoms with van der Waals surface area (Å²) in [5.41, 5.74) is 8.33. The Bertz CT molecular complexity index is 404. The van der Waals surface area contributed by atoms with Gasteiger partial charge in [-0.25, -0.2) is 0 Å². The van der Waals surface area contributed by atoms with Gasteiger partial charge in [-0.15, -0.1) is 0 Å². The van der Waals surface area contributed by atoms with Gasteiger partial charge in [0.2, 0.25) is 0 Å². The first-order valence-electron chi connectivity index (χ1n) is 8.55. The molecule has 2 unspecified atom stereocenters. The van der Waals surface area contributed by atoms with Crippen molar-refractivity contribution in [2.75, 3.05) is 13.1 Å². The fraction of sp³-hybridized carbons (Fsp3) is 0.722. The second-order valence-electron chi connectivity index (χ2n) is 6.54. The first-order valence-corrected chi connectivity index (χ1v) is 8.55. The van der Waals surface area contributed by atoms with Crippen LogP contribution in [0.1, 0.15) is 64.5 Å². The molecule has 0 amide bonds. The minimum Gasteiger partial charge on any atom is -0.326 e. The van der Waals surface area contributed by atoms with E-state index in [1.165, 1.54) is 44.3 Å². The molecule has 1 aliphatic heterocycles. The summed E-state index contributed by atoms with van der Waals surface area (Å²) in [6, 6.07) is 4.79. The molecule has 0 radical (unpaired) electrons. The fourth-order valence-electron chi connectivity index (χ4n) is 3.75. The van der Waals surface area contributed by atoms with Crippen molar-refractivity contribution in [2.24, 2.45) is 11.1 Å². The Morgan fingerprint density at radius 3 is 2.19 bits per heavy atom. The van der Waals surface area contributed by atoms with E-state index >= 15 is 0 Å². The van der Waals surface area contributed by atoms with E-state index in [0.29, 0.717) is 11.5 Å². The molecule has 1 saturated heterocycles. The largest absolute Gasteiger partial charge is 0.326 e. The number of nitrogens with two attached hydrogens (primary N) is 1. The highest BCUT2D eigenvalue weighted by Crippen LogP contribution is 2.40. The summed E-state index contributed by atoms with van der Waals surface area (Å²) in [6.45, 7) is 9.21. The monoisotopic (exact) mass is 289 g/mol. The molecule has 118 valence electrons. The Labute approximate surface area is 129 Å². The van der Waals surface area contributed by atoms with E-state index < -0.39 is 0 Å². The zero-order chi connectivity index (χ0) is 15.3. The van der Waals surface area contributed by atoms with E-state index in [1.54, 1.807) is 0 Å². The van der Waals surface area contributed by atoms with Crippen molar-refractivity contribution in [2.45, 2.75) is 65.0 Å². The van der Waals surface area contributed by atoms with Gasteiger partial charge in [-0.3, -0.25) is 9.88 Å². The first kappa shape index (κ1) is 16.4. The molecule has 0 spiro atoms. The molecule has 1 aliphatic rings. The number of piperidine rings is 1. The molecule has 2 N–H and O–H groups in total. The molecule has 2 rings (SSSR count). The van der Waals surface area contributed by atoms with Crippen molar-refractivity contribution >= 4 is 0 Å². The Kier molecular flexibility index (Phi) is 5.77. The minimum atomic E-state index is 0.197. The molecule has 1 fully saturated rings. The Morgan fingerprint density at radius 1 is 1.14 bits per heavy atom. The van der Waals surface area contributed by atoms with Gasteiger partial charge in [0.05, 0.1) is 0 Å². The molecule has 3 heteroatoms. The molecule has 0 saturated carbocycles. The highest BCUT2D eigenvalue weighted by atomic mass is 15.2. The van der Waals surface area contributed by atoms with Crippen LogP contribution in [-0.4, -0.2) is 29.0 Å². The van der Waals surface area contributed by atoms with E-state index in [1.807, 2.05) is 12.4 Å². The van der Waals surface area contributed by atoms with Crippen LogP contribution in [0, 0.1) is 5.41 Å². The maximum Gasteiger partial charge on any atom is 0.0500 e. The van der Waals surface area contributed by atoms with Crippen LogP contribution in [0.5, 0.6) is 0 Å². The Balaban J connectivity index is 2.13. The first-order chi connectivity index (χ1) is 10.2. The van der Waals surface area contributed by atoms with E-state index in [9.17, 15) is 0 Å². The number of nitrogens with zero attached hydrogens (tertiary/aromatic N) is 2. The SMILES string of the molecule is CCC(N)C(c1ccncc1)N1CCC(CC)(CC)CC1. The average Bonchev–Trinajstić information content (AvgIpc) is 2.56. The number of rotatable bonds is 6. The Hall–Kier alpha value is -0.930. The van der Waals surface area contributed by atoms with Crippen LogP contribution in [0.15, 0.2) is 24.5 Å². The predicted molar refractivity (Wildman–Crippen MR) is 89.1 cm³/mol. The third kappa shape index (κ3) is 3.64. The van der Waals surface area contributed by atoms with Gasteiger partial charge >= 0.3 is 0 Å². The molecule has 1 aromatic rings. The summed E-state index contributed by atoms with van der Waals surface area (Å²) in [7, 11) is 0. The number of aromatic nitrogens is 1. The van der Waals surface area contributed by atoms with Crippen molar-refractivity contribution in [3.63, 3.8) is 0 Å². The van der Waals surface area contributed by atoms with E-state index in [0.717, 1.165) is 6.42 Å². The summed E-state index contributed by atoms with van der Waals surface area (Å²) in [5, 5.41) is 0. The molecule has 0 bridgehead atoms. The second kappa shape index (κ2) is 7.37.